The minimum atomic E-state index is -1.11. The largest absolute Gasteiger partial charge is 0.459 e. The van der Waals surface area contributed by atoms with Gasteiger partial charge in [0.15, 0.2) is 0 Å². The number of esters is 1. The van der Waals surface area contributed by atoms with Crippen molar-refractivity contribution in [1.29, 1.82) is 0 Å². The summed E-state index contributed by atoms with van der Waals surface area (Å²) in [5, 5.41) is 0. The van der Waals surface area contributed by atoms with Gasteiger partial charge in [0.2, 0.25) is 0 Å². The van der Waals surface area contributed by atoms with Gasteiger partial charge in [-0.15, -0.1) is 0 Å². The Balaban J connectivity index is 2.25. The van der Waals surface area contributed by atoms with E-state index >= 15 is 0 Å². The van der Waals surface area contributed by atoms with Gasteiger partial charge < -0.3 is 14.2 Å². The average Bonchev–Trinajstić information content (AvgIpc) is 2.22. The highest BCUT2D eigenvalue weighted by Crippen LogP contribution is 2.28. The van der Waals surface area contributed by atoms with Crippen molar-refractivity contribution in [2.75, 3.05) is 13.2 Å². The van der Waals surface area contributed by atoms with Crippen molar-refractivity contribution in [2.45, 2.75) is 18.8 Å². The Bertz CT molecular complexity index is 179. The molecule has 2 aliphatic heterocycles. The lowest BCUT2D eigenvalue weighted by atomic mass is 10.3. The Morgan fingerprint density at radius 1 is 1.60 bits per heavy atom. The SMILES string of the molecule is C[C@]12OCC(COC1=O)O2. The molecule has 2 heterocycles. The third kappa shape index (κ3) is 0.660. The normalized spacial score (nSPS) is 45.3. The summed E-state index contributed by atoms with van der Waals surface area (Å²) in [7, 11) is 0. The predicted octanol–water partition coefficient (Wildman–Crippen LogP) is -0.325. The molecular weight excluding hydrogens is 136 g/mol. The highest BCUT2D eigenvalue weighted by molar-refractivity contribution is 5.78. The molecule has 2 saturated heterocycles. The fourth-order valence-electron chi connectivity index (χ4n) is 1.13. The molecule has 0 N–H and O–H groups in total. The third-order valence-electron chi connectivity index (χ3n) is 1.71. The molecule has 0 aromatic heterocycles. The number of hydrogen-bond acceptors (Lipinski definition) is 4. The Morgan fingerprint density at radius 3 is 3.10 bits per heavy atom. The number of fused-ring (bicyclic) bond motifs is 2. The van der Waals surface area contributed by atoms with Crippen LogP contribution in [0, 0.1) is 0 Å². The molecular formula is C6H8O4. The number of rotatable bonds is 0. The number of carbonyl (C=O) groups excluding carboxylic acids is 1. The average molecular weight is 144 g/mol. The zero-order chi connectivity index (χ0) is 7.19. The summed E-state index contributed by atoms with van der Waals surface area (Å²) in [5.74, 6) is -1.52. The Morgan fingerprint density at radius 2 is 2.40 bits per heavy atom. The summed E-state index contributed by atoms with van der Waals surface area (Å²) in [5.41, 5.74) is 0. The summed E-state index contributed by atoms with van der Waals surface area (Å²) in [6, 6.07) is 0. The van der Waals surface area contributed by atoms with Gasteiger partial charge in [0.05, 0.1) is 6.61 Å². The second-order valence-corrected chi connectivity index (χ2v) is 2.60. The summed E-state index contributed by atoms with van der Waals surface area (Å²) in [6.45, 7) is 2.37. The highest BCUT2D eigenvalue weighted by atomic mass is 16.8. The molecule has 0 radical (unpaired) electrons. The molecule has 0 spiro atoms. The molecule has 0 aromatic rings. The first-order chi connectivity index (χ1) is 4.71. The fraction of sp³-hybridized carbons (Fsp3) is 0.833. The van der Waals surface area contributed by atoms with Gasteiger partial charge in [-0.1, -0.05) is 0 Å². The van der Waals surface area contributed by atoms with E-state index < -0.39 is 11.8 Å². The third-order valence-corrected chi connectivity index (χ3v) is 1.71. The fourth-order valence-corrected chi connectivity index (χ4v) is 1.13. The zero-order valence-electron chi connectivity index (χ0n) is 5.62. The number of ether oxygens (including phenoxy) is 3. The van der Waals surface area contributed by atoms with Gasteiger partial charge in [-0.05, 0) is 0 Å². The minimum absolute atomic E-state index is 0.0531. The van der Waals surface area contributed by atoms with E-state index in [0.29, 0.717) is 13.2 Å². The van der Waals surface area contributed by atoms with Gasteiger partial charge in [0.1, 0.15) is 12.7 Å². The Kier molecular flexibility index (Phi) is 1.04. The molecule has 2 bridgehead atoms. The smallest absolute Gasteiger partial charge is 0.366 e. The van der Waals surface area contributed by atoms with Gasteiger partial charge in [0, 0.05) is 6.92 Å². The first-order valence-corrected chi connectivity index (χ1v) is 3.20. The maximum Gasteiger partial charge on any atom is 0.366 e. The predicted molar refractivity (Wildman–Crippen MR) is 30.2 cm³/mol. The molecule has 2 fully saturated rings. The van der Waals surface area contributed by atoms with Crippen molar-refractivity contribution in [3.63, 3.8) is 0 Å². The quantitative estimate of drug-likeness (QED) is 0.437. The Labute approximate surface area is 58.1 Å². The van der Waals surface area contributed by atoms with Gasteiger partial charge in [-0.2, -0.15) is 0 Å². The van der Waals surface area contributed by atoms with Crippen LogP contribution < -0.4 is 0 Å². The maximum absolute atomic E-state index is 10.9. The molecule has 1 unspecified atom stereocenters. The van der Waals surface area contributed by atoms with E-state index in [1.807, 2.05) is 0 Å². The molecule has 0 amide bonds. The molecule has 56 valence electrons. The van der Waals surface area contributed by atoms with E-state index in [1.165, 1.54) is 0 Å². The van der Waals surface area contributed by atoms with Crippen molar-refractivity contribution in [1.82, 2.24) is 0 Å². The van der Waals surface area contributed by atoms with Crippen LogP contribution in [0.2, 0.25) is 0 Å². The van der Waals surface area contributed by atoms with Gasteiger partial charge in [-0.25, -0.2) is 4.79 Å². The van der Waals surface area contributed by atoms with E-state index in [4.69, 9.17) is 14.2 Å². The number of carbonyl (C=O) groups is 1. The Hall–Kier alpha value is -0.610. The molecule has 10 heavy (non-hydrogen) atoms. The maximum atomic E-state index is 10.9. The molecule has 2 atom stereocenters. The summed E-state index contributed by atoms with van der Waals surface area (Å²) in [4.78, 5) is 10.9. The standard InChI is InChI=1S/C6H8O4/c1-6-5(7)8-2-4(10-6)3-9-6/h4H,2-3H2,1H3/t4?,6-/m1/s1. The van der Waals surface area contributed by atoms with Crippen LogP contribution in [-0.4, -0.2) is 31.1 Å². The van der Waals surface area contributed by atoms with Gasteiger partial charge in [0.25, 0.3) is 5.79 Å². The molecule has 0 aliphatic carbocycles. The summed E-state index contributed by atoms with van der Waals surface area (Å²) >= 11 is 0. The lowest BCUT2D eigenvalue weighted by Crippen LogP contribution is -2.43. The van der Waals surface area contributed by atoms with Gasteiger partial charge in [-0.3, -0.25) is 0 Å². The first-order valence-electron chi connectivity index (χ1n) is 3.20. The van der Waals surface area contributed by atoms with Crippen LogP contribution in [0.4, 0.5) is 0 Å². The molecule has 4 nitrogen and oxygen atoms in total. The van der Waals surface area contributed by atoms with E-state index in [0.717, 1.165) is 0 Å². The van der Waals surface area contributed by atoms with Crippen LogP contribution in [0.15, 0.2) is 0 Å². The lowest BCUT2D eigenvalue weighted by molar-refractivity contribution is -0.223. The molecule has 2 rings (SSSR count). The topological polar surface area (TPSA) is 44.8 Å². The first kappa shape index (κ1) is 6.12. The number of cyclic esters (lactones) is 1. The second kappa shape index (κ2) is 1.71. The van der Waals surface area contributed by atoms with Crippen LogP contribution in [-0.2, 0) is 19.0 Å². The number of hydrogen-bond donors (Lipinski definition) is 0. The van der Waals surface area contributed by atoms with Gasteiger partial charge >= 0.3 is 5.97 Å². The van der Waals surface area contributed by atoms with E-state index in [-0.39, 0.29) is 6.10 Å². The van der Waals surface area contributed by atoms with Crippen LogP contribution in [0.1, 0.15) is 6.92 Å². The van der Waals surface area contributed by atoms with Crippen molar-refractivity contribution < 1.29 is 19.0 Å². The summed E-state index contributed by atoms with van der Waals surface area (Å²) < 4.78 is 15.1. The van der Waals surface area contributed by atoms with Crippen molar-refractivity contribution in [2.24, 2.45) is 0 Å². The van der Waals surface area contributed by atoms with E-state index in [9.17, 15) is 4.79 Å². The molecule has 0 aromatic carbocycles. The van der Waals surface area contributed by atoms with Crippen molar-refractivity contribution >= 4 is 5.97 Å². The minimum Gasteiger partial charge on any atom is -0.459 e. The molecule has 4 heteroatoms. The van der Waals surface area contributed by atoms with E-state index in [1.54, 1.807) is 6.92 Å². The molecule has 2 aliphatic rings. The summed E-state index contributed by atoms with van der Waals surface area (Å²) in [6.07, 6.45) is -0.0531. The van der Waals surface area contributed by atoms with Crippen LogP contribution >= 0.6 is 0 Å². The highest BCUT2D eigenvalue weighted by Gasteiger charge is 2.49. The second-order valence-electron chi connectivity index (χ2n) is 2.60. The zero-order valence-corrected chi connectivity index (χ0v) is 5.62. The lowest BCUT2D eigenvalue weighted by Gasteiger charge is -2.25. The van der Waals surface area contributed by atoms with Crippen LogP contribution in [0.5, 0.6) is 0 Å². The van der Waals surface area contributed by atoms with Crippen molar-refractivity contribution in [3.8, 4) is 0 Å². The van der Waals surface area contributed by atoms with Crippen molar-refractivity contribution in [3.05, 3.63) is 0 Å². The molecule has 0 saturated carbocycles. The van der Waals surface area contributed by atoms with Crippen LogP contribution in [0.3, 0.4) is 0 Å². The van der Waals surface area contributed by atoms with Crippen LogP contribution in [0.25, 0.3) is 0 Å². The monoisotopic (exact) mass is 144 g/mol. The van der Waals surface area contributed by atoms with E-state index in [2.05, 4.69) is 0 Å².